The number of furan rings is 1. The van der Waals surface area contributed by atoms with Crippen molar-refractivity contribution >= 4 is 10.0 Å². The lowest BCUT2D eigenvalue weighted by atomic mass is 10.2. The lowest BCUT2D eigenvalue weighted by molar-refractivity contribution is 0.171. The van der Waals surface area contributed by atoms with E-state index >= 15 is 0 Å². The fraction of sp³-hybridized carbons (Fsp3) is 0.375. The maximum absolute atomic E-state index is 13.0. The second-order valence-electron chi connectivity index (χ2n) is 5.59. The normalized spacial score (nSPS) is 21.5. The van der Waals surface area contributed by atoms with Crippen molar-refractivity contribution < 1.29 is 22.3 Å². The van der Waals surface area contributed by atoms with Gasteiger partial charge in [-0.05, 0) is 37.1 Å². The molecule has 7 heteroatoms. The molecular weight excluding hydrogens is 318 g/mol. The van der Waals surface area contributed by atoms with Gasteiger partial charge in [0.15, 0.2) is 11.5 Å². The maximum Gasteiger partial charge on any atom is 0.243 e. The van der Waals surface area contributed by atoms with Gasteiger partial charge in [0.25, 0.3) is 0 Å². The summed E-state index contributed by atoms with van der Waals surface area (Å²) in [5.74, 6) is 1.74. The smallest absolute Gasteiger partial charge is 0.243 e. The van der Waals surface area contributed by atoms with Crippen LogP contribution >= 0.6 is 0 Å². The molecule has 2 aliphatic rings. The summed E-state index contributed by atoms with van der Waals surface area (Å²) in [5, 5.41) is 0. The van der Waals surface area contributed by atoms with E-state index in [1.807, 2.05) is 6.07 Å². The van der Waals surface area contributed by atoms with Gasteiger partial charge in [0.1, 0.15) is 19.0 Å². The molecule has 0 unspecified atom stereocenters. The van der Waals surface area contributed by atoms with Crippen LogP contribution in [0, 0.1) is 0 Å². The largest absolute Gasteiger partial charge is 0.486 e. The standard InChI is InChI=1S/C16H17NO5S/c18-23(19,12-5-6-15-16(11-12)22-10-9-21-15)17-7-1-3-13(17)14-4-2-8-20-14/h2,4-6,8,11,13H,1,3,7,9-10H2/t13-/m0/s1. The Bertz CT molecular complexity index is 800. The fourth-order valence-corrected chi connectivity index (χ4v) is 4.79. The quantitative estimate of drug-likeness (QED) is 0.862. The van der Waals surface area contributed by atoms with Gasteiger partial charge in [0, 0.05) is 12.6 Å². The minimum atomic E-state index is -3.61. The zero-order valence-corrected chi connectivity index (χ0v) is 13.3. The molecule has 1 aromatic carbocycles. The maximum atomic E-state index is 13.0. The van der Waals surface area contributed by atoms with Crippen molar-refractivity contribution in [2.75, 3.05) is 19.8 Å². The van der Waals surface area contributed by atoms with E-state index in [2.05, 4.69) is 0 Å². The Morgan fingerprint density at radius 1 is 1.09 bits per heavy atom. The number of nitrogens with zero attached hydrogens (tertiary/aromatic N) is 1. The third kappa shape index (κ3) is 2.49. The Hall–Kier alpha value is -1.99. The van der Waals surface area contributed by atoms with Crippen LogP contribution in [0.4, 0.5) is 0 Å². The van der Waals surface area contributed by atoms with E-state index in [1.54, 1.807) is 30.5 Å². The van der Waals surface area contributed by atoms with Crippen LogP contribution in [0.15, 0.2) is 45.9 Å². The number of rotatable bonds is 3. The molecule has 122 valence electrons. The van der Waals surface area contributed by atoms with Crippen LogP contribution in [0.25, 0.3) is 0 Å². The monoisotopic (exact) mass is 335 g/mol. The van der Waals surface area contributed by atoms with E-state index < -0.39 is 10.0 Å². The first-order valence-corrected chi connectivity index (χ1v) is 9.05. The molecule has 2 aliphatic heterocycles. The van der Waals surface area contributed by atoms with Gasteiger partial charge in [0.2, 0.25) is 10.0 Å². The van der Waals surface area contributed by atoms with Gasteiger partial charge in [-0.25, -0.2) is 8.42 Å². The van der Waals surface area contributed by atoms with Crippen molar-refractivity contribution in [2.45, 2.75) is 23.8 Å². The number of hydrogen-bond acceptors (Lipinski definition) is 5. The van der Waals surface area contributed by atoms with Crippen LogP contribution in [0.5, 0.6) is 11.5 Å². The third-order valence-corrected chi connectivity index (χ3v) is 6.10. The molecule has 2 aromatic rings. The van der Waals surface area contributed by atoms with E-state index in [9.17, 15) is 8.42 Å². The van der Waals surface area contributed by atoms with Crippen LogP contribution < -0.4 is 9.47 Å². The first-order chi connectivity index (χ1) is 11.2. The molecule has 0 amide bonds. The molecule has 23 heavy (non-hydrogen) atoms. The second kappa shape index (κ2) is 5.58. The highest BCUT2D eigenvalue weighted by molar-refractivity contribution is 7.89. The first kappa shape index (κ1) is 14.6. The summed E-state index contributed by atoms with van der Waals surface area (Å²) in [6.45, 7) is 1.39. The lowest BCUT2D eigenvalue weighted by Crippen LogP contribution is -2.30. The Balaban J connectivity index is 1.69. The molecule has 4 rings (SSSR count). The highest BCUT2D eigenvalue weighted by Gasteiger charge is 2.38. The molecule has 1 saturated heterocycles. The van der Waals surface area contributed by atoms with Gasteiger partial charge in [-0.2, -0.15) is 4.31 Å². The Morgan fingerprint density at radius 3 is 2.70 bits per heavy atom. The molecule has 0 aliphatic carbocycles. The topological polar surface area (TPSA) is 69.0 Å². The van der Waals surface area contributed by atoms with Crippen LogP contribution in [-0.2, 0) is 10.0 Å². The zero-order chi connectivity index (χ0) is 15.9. The van der Waals surface area contributed by atoms with Crippen molar-refractivity contribution in [2.24, 2.45) is 0 Å². The predicted octanol–water partition coefficient (Wildman–Crippen LogP) is 2.58. The first-order valence-electron chi connectivity index (χ1n) is 7.61. The molecule has 1 aromatic heterocycles. The molecule has 1 atom stereocenters. The molecule has 0 radical (unpaired) electrons. The van der Waals surface area contributed by atoms with Gasteiger partial charge in [0.05, 0.1) is 17.2 Å². The molecule has 1 fully saturated rings. The predicted molar refractivity (Wildman–Crippen MR) is 82.0 cm³/mol. The average Bonchev–Trinajstić information content (AvgIpc) is 3.25. The molecule has 0 N–H and O–H groups in total. The van der Waals surface area contributed by atoms with E-state index in [-0.39, 0.29) is 10.9 Å². The number of benzene rings is 1. The molecule has 3 heterocycles. The number of ether oxygens (including phenoxy) is 2. The minimum absolute atomic E-state index is 0.222. The van der Waals surface area contributed by atoms with Crippen molar-refractivity contribution in [3.63, 3.8) is 0 Å². The van der Waals surface area contributed by atoms with Crippen molar-refractivity contribution in [1.82, 2.24) is 4.31 Å². The summed E-state index contributed by atoms with van der Waals surface area (Å²) in [6.07, 6.45) is 3.15. The summed E-state index contributed by atoms with van der Waals surface area (Å²) >= 11 is 0. The van der Waals surface area contributed by atoms with Gasteiger partial charge in [-0.1, -0.05) is 0 Å². The number of fused-ring (bicyclic) bond motifs is 1. The Labute approximate surface area is 134 Å². The average molecular weight is 335 g/mol. The van der Waals surface area contributed by atoms with Gasteiger partial charge < -0.3 is 13.9 Å². The summed E-state index contributed by atoms with van der Waals surface area (Å²) in [5.41, 5.74) is 0. The minimum Gasteiger partial charge on any atom is -0.486 e. The van der Waals surface area contributed by atoms with Crippen LogP contribution in [0.2, 0.25) is 0 Å². The lowest BCUT2D eigenvalue weighted by Gasteiger charge is -2.24. The Kier molecular flexibility index (Phi) is 3.54. The second-order valence-corrected chi connectivity index (χ2v) is 7.49. The number of hydrogen-bond donors (Lipinski definition) is 0. The molecule has 6 nitrogen and oxygen atoms in total. The van der Waals surface area contributed by atoms with E-state index in [4.69, 9.17) is 13.9 Å². The molecule has 0 saturated carbocycles. The molecular formula is C16H17NO5S. The number of sulfonamides is 1. The van der Waals surface area contributed by atoms with Gasteiger partial charge in [-0.15, -0.1) is 0 Å². The van der Waals surface area contributed by atoms with E-state index in [0.29, 0.717) is 37.0 Å². The summed E-state index contributed by atoms with van der Waals surface area (Å²) in [7, 11) is -3.61. The highest BCUT2D eigenvalue weighted by Crippen LogP contribution is 2.39. The zero-order valence-electron chi connectivity index (χ0n) is 12.5. The molecule has 0 spiro atoms. The Morgan fingerprint density at radius 2 is 1.91 bits per heavy atom. The van der Waals surface area contributed by atoms with Crippen molar-refractivity contribution in [1.29, 1.82) is 0 Å². The third-order valence-electron chi connectivity index (χ3n) is 4.20. The summed E-state index contributed by atoms with van der Waals surface area (Å²) in [6, 6.07) is 8.12. The highest BCUT2D eigenvalue weighted by atomic mass is 32.2. The SMILES string of the molecule is O=S(=O)(c1ccc2c(c1)OCCO2)N1CCC[C@H]1c1ccco1. The van der Waals surface area contributed by atoms with Crippen molar-refractivity contribution in [3.8, 4) is 11.5 Å². The van der Waals surface area contributed by atoms with Crippen LogP contribution in [0.3, 0.4) is 0 Å². The van der Waals surface area contributed by atoms with Crippen molar-refractivity contribution in [3.05, 3.63) is 42.4 Å². The van der Waals surface area contributed by atoms with Gasteiger partial charge in [-0.3, -0.25) is 0 Å². The molecule has 0 bridgehead atoms. The fourth-order valence-electron chi connectivity index (χ4n) is 3.11. The van der Waals surface area contributed by atoms with Gasteiger partial charge >= 0.3 is 0 Å². The summed E-state index contributed by atoms with van der Waals surface area (Å²) in [4.78, 5) is 0.222. The summed E-state index contributed by atoms with van der Waals surface area (Å²) < 4.78 is 43.9. The van der Waals surface area contributed by atoms with Crippen LogP contribution in [-0.4, -0.2) is 32.5 Å². The van der Waals surface area contributed by atoms with E-state index in [0.717, 1.165) is 12.8 Å². The van der Waals surface area contributed by atoms with Crippen LogP contribution in [0.1, 0.15) is 24.6 Å². The van der Waals surface area contributed by atoms with E-state index in [1.165, 1.54) is 4.31 Å².